The average Bonchev–Trinajstić information content (AvgIpc) is 1.93. The van der Waals surface area contributed by atoms with Gasteiger partial charge in [-0.25, -0.2) is 8.42 Å². The number of aryl methyl sites for hydroxylation is 1. The average molecular weight is 284 g/mol. The highest BCUT2D eigenvalue weighted by atomic mass is 79.9. The summed E-state index contributed by atoms with van der Waals surface area (Å²) in [5.41, 5.74) is 1.75. The maximum atomic E-state index is 10.8. The van der Waals surface area contributed by atoms with Crippen molar-refractivity contribution in [3.05, 3.63) is 33.8 Å². The van der Waals surface area contributed by atoms with Crippen molar-refractivity contribution in [1.82, 2.24) is 0 Å². The molecule has 0 fully saturated rings. The van der Waals surface area contributed by atoms with E-state index in [1.165, 1.54) is 0 Å². The van der Waals surface area contributed by atoms with Crippen molar-refractivity contribution in [1.29, 1.82) is 0 Å². The van der Waals surface area contributed by atoms with Crippen LogP contribution in [-0.2, 0) is 14.8 Å². The summed E-state index contributed by atoms with van der Waals surface area (Å²) >= 11 is 3.28. The Morgan fingerprint density at radius 3 is 2.54 bits per heavy atom. The van der Waals surface area contributed by atoms with Crippen LogP contribution in [0.5, 0.6) is 0 Å². The Morgan fingerprint density at radius 1 is 1.46 bits per heavy atom. The molecule has 1 aromatic rings. The van der Waals surface area contributed by atoms with Crippen LogP contribution in [-0.4, -0.2) is 8.42 Å². The largest absolute Gasteiger partial charge is 0.236 e. The highest BCUT2D eigenvalue weighted by Crippen LogP contribution is 2.21. The summed E-state index contributed by atoms with van der Waals surface area (Å²) in [6, 6.07) is 5.46. The van der Waals surface area contributed by atoms with Gasteiger partial charge in [-0.2, -0.15) is 0 Å². The zero-order valence-electron chi connectivity index (χ0n) is 6.92. The van der Waals surface area contributed by atoms with Crippen LogP contribution in [0, 0.1) is 6.92 Å². The van der Waals surface area contributed by atoms with Gasteiger partial charge >= 0.3 is 0 Å². The molecule has 5 heteroatoms. The molecule has 0 N–H and O–H groups in total. The Bertz CT molecular complexity index is 414. The number of halogens is 2. The van der Waals surface area contributed by atoms with E-state index in [0.717, 1.165) is 10.0 Å². The lowest BCUT2D eigenvalue weighted by Crippen LogP contribution is -1.96. The zero-order chi connectivity index (χ0) is 10.1. The molecular formula is C8H8BrClO2S. The molecule has 1 aromatic carbocycles. The van der Waals surface area contributed by atoms with Crippen LogP contribution in [0.1, 0.15) is 11.1 Å². The highest BCUT2D eigenvalue weighted by Gasteiger charge is 2.09. The van der Waals surface area contributed by atoms with Crippen molar-refractivity contribution in [2.24, 2.45) is 0 Å². The predicted octanol–water partition coefficient (Wildman–Crippen LogP) is 2.83. The van der Waals surface area contributed by atoms with Gasteiger partial charge in [0.2, 0.25) is 9.05 Å². The summed E-state index contributed by atoms with van der Waals surface area (Å²) in [4.78, 5) is 0. The standard InChI is InChI=1S/C8H8BrClO2S/c1-6-2-3-7(8(9)4-6)5-13(10,11)12/h2-4H,5H2,1H3. The SMILES string of the molecule is Cc1ccc(CS(=O)(=O)Cl)c(Br)c1. The van der Waals surface area contributed by atoms with E-state index in [-0.39, 0.29) is 5.75 Å². The maximum absolute atomic E-state index is 10.8. The Balaban J connectivity index is 3.04. The highest BCUT2D eigenvalue weighted by molar-refractivity contribution is 9.10. The van der Waals surface area contributed by atoms with Gasteiger partial charge in [0.15, 0.2) is 0 Å². The fourth-order valence-corrected chi connectivity index (χ4v) is 2.75. The van der Waals surface area contributed by atoms with E-state index in [1.807, 2.05) is 19.1 Å². The molecule has 0 aliphatic heterocycles. The summed E-state index contributed by atoms with van der Waals surface area (Å²) in [7, 11) is 1.66. The summed E-state index contributed by atoms with van der Waals surface area (Å²) in [5.74, 6) is -0.143. The van der Waals surface area contributed by atoms with Crippen molar-refractivity contribution >= 4 is 35.7 Å². The summed E-state index contributed by atoms with van der Waals surface area (Å²) in [6.07, 6.45) is 0. The molecule has 0 atom stereocenters. The first-order chi connectivity index (χ1) is 5.88. The third-order valence-corrected chi connectivity index (χ3v) is 3.26. The van der Waals surface area contributed by atoms with Crippen LogP contribution in [0.15, 0.2) is 22.7 Å². The van der Waals surface area contributed by atoms with Crippen molar-refractivity contribution in [3.8, 4) is 0 Å². The number of hydrogen-bond acceptors (Lipinski definition) is 2. The van der Waals surface area contributed by atoms with Gasteiger partial charge in [0.25, 0.3) is 0 Å². The second-order valence-electron chi connectivity index (χ2n) is 2.78. The number of hydrogen-bond donors (Lipinski definition) is 0. The van der Waals surface area contributed by atoms with Gasteiger partial charge in [0.1, 0.15) is 0 Å². The smallest absolute Gasteiger partial charge is 0.212 e. The molecule has 0 saturated carbocycles. The van der Waals surface area contributed by atoms with Gasteiger partial charge < -0.3 is 0 Å². The lowest BCUT2D eigenvalue weighted by molar-refractivity contribution is 0.609. The zero-order valence-corrected chi connectivity index (χ0v) is 10.1. The van der Waals surface area contributed by atoms with Crippen LogP contribution in [0.3, 0.4) is 0 Å². The second kappa shape index (κ2) is 3.98. The molecule has 0 radical (unpaired) electrons. The van der Waals surface area contributed by atoms with Gasteiger partial charge in [0, 0.05) is 15.2 Å². The Labute approximate surface area is 90.5 Å². The maximum Gasteiger partial charge on any atom is 0.236 e. The van der Waals surface area contributed by atoms with Gasteiger partial charge in [-0.3, -0.25) is 0 Å². The van der Waals surface area contributed by atoms with E-state index < -0.39 is 9.05 Å². The van der Waals surface area contributed by atoms with E-state index in [2.05, 4.69) is 15.9 Å². The molecule has 0 aliphatic carbocycles. The molecule has 0 amide bonds. The van der Waals surface area contributed by atoms with Crippen molar-refractivity contribution in [2.75, 3.05) is 0 Å². The molecule has 2 nitrogen and oxygen atoms in total. The first-order valence-corrected chi connectivity index (χ1v) is 6.83. The van der Waals surface area contributed by atoms with E-state index in [9.17, 15) is 8.42 Å². The van der Waals surface area contributed by atoms with Crippen molar-refractivity contribution < 1.29 is 8.42 Å². The van der Waals surface area contributed by atoms with Crippen LogP contribution >= 0.6 is 26.6 Å². The molecule has 0 heterocycles. The molecule has 0 bridgehead atoms. The molecular weight excluding hydrogens is 276 g/mol. The minimum Gasteiger partial charge on any atom is -0.212 e. The molecule has 72 valence electrons. The molecule has 0 unspecified atom stereocenters. The van der Waals surface area contributed by atoms with E-state index in [1.54, 1.807) is 6.07 Å². The molecule has 0 aliphatic rings. The first kappa shape index (κ1) is 11.0. The monoisotopic (exact) mass is 282 g/mol. The van der Waals surface area contributed by atoms with Gasteiger partial charge in [-0.05, 0) is 24.1 Å². The van der Waals surface area contributed by atoms with Gasteiger partial charge in [0.05, 0.1) is 5.75 Å². The molecule has 13 heavy (non-hydrogen) atoms. The molecule has 0 saturated heterocycles. The lowest BCUT2D eigenvalue weighted by Gasteiger charge is -2.02. The van der Waals surface area contributed by atoms with Gasteiger partial charge in [-0.15, -0.1) is 0 Å². The number of rotatable bonds is 2. The third-order valence-electron chi connectivity index (χ3n) is 1.54. The predicted molar refractivity (Wildman–Crippen MR) is 57.4 cm³/mol. The van der Waals surface area contributed by atoms with Gasteiger partial charge in [-0.1, -0.05) is 28.1 Å². The molecule has 0 aromatic heterocycles. The van der Waals surface area contributed by atoms with Crippen LogP contribution < -0.4 is 0 Å². The Kier molecular flexibility index (Phi) is 3.38. The molecule has 1 rings (SSSR count). The van der Waals surface area contributed by atoms with E-state index in [0.29, 0.717) is 5.56 Å². The quantitative estimate of drug-likeness (QED) is 0.782. The molecule has 0 spiro atoms. The van der Waals surface area contributed by atoms with Crippen molar-refractivity contribution in [3.63, 3.8) is 0 Å². The summed E-state index contributed by atoms with van der Waals surface area (Å²) in [6.45, 7) is 1.93. The first-order valence-electron chi connectivity index (χ1n) is 3.56. The second-order valence-corrected chi connectivity index (χ2v) is 6.41. The fourth-order valence-electron chi connectivity index (χ4n) is 0.955. The van der Waals surface area contributed by atoms with Crippen LogP contribution in [0.4, 0.5) is 0 Å². The fraction of sp³-hybridized carbons (Fsp3) is 0.250. The summed E-state index contributed by atoms with van der Waals surface area (Å²) in [5, 5.41) is 0. The topological polar surface area (TPSA) is 34.1 Å². The van der Waals surface area contributed by atoms with E-state index in [4.69, 9.17) is 10.7 Å². The minimum absolute atomic E-state index is 0.143. The number of benzene rings is 1. The lowest BCUT2D eigenvalue weighted by atomic mass is 10.2. The van der Waals surface area contributed by atoms with Crippen molar-refractivity contribution in [2.45, 2.75) is 12.7 Å². The third kappa shape index (κ3) is 3.67. The normalized spacial score (nSPS) is 11.6. The van der Waals surface area contributed by atoms with Crippen LogP contribution in [0.2, 0.25) is 0 Å². The Morgan fingerprint density at radius 2 is 2.08 bits per heavy atom. The van der Waals surface area contributed by atoms with E-state index >= 15 is 0 Å². The Hall–Kier alpha value is -0.0600. The summed E-state index contributed by atoms with van der Waals surface area (Å²) < 4.78 is 22.3. The minimum atomic E-state index is -3.47. The van der Waals surface area contributed by atoms with Crippen LogP contribution in [0.25, 0.3) is 0 Å².